The molecule has 2 aromatic rings. The molecular weight excluding hydrogens is 460 g/mol. The SMILES string of the molecule is C=CCN(CC=C)S(=O)(=O)c1ccc(C(=O)Nc2sc3c(c2C(N)=O)CCN(CC)C3)cc1. The number of rotatable bonds is 10. The van der Waals surface area contributed by atoms with Gasteiger partial charge >= 0.3 is 0 Å². The zero-order chi connectivity index (χ0) is 24.2. The average molecular weight is 489 g/mol. The average Bonchev–Trinajstić information content (AvgIpc) is 3.16. The lowest BCUT2D eigenvalue weighted by atomic mass is 10.0. The van der Waals surface area contributed by atoms with Crippen molar-refractivity contribution in [1.29, 1.82) is 0 Å². The molecule has 0 spiro atoms. The number of amides is 2. The fraction of sp³-hybridized carbons (Fsp3) is 0.304. The van der Waals surface area contributed by atoms with Gasteiger partial charge in [0.2, 0.25) is 10.0 Å². The Morgan fingerprint density at radius 2 is 1.85 bits per heavy atom. The van der Waals surface area contributed by atoms with E-state index in [1.165, 1.54) is 52.1 Å². The Hall–Kier alpha value is -2.79. The minimum Gasteiger partial charge on any atom is -0.365 e. The van der Waals surface area contributed by atoms with Crippen molar-refractivity contribution in [3.8, 4) is 0 Å². The topological polar surface area (TPSA) is 113 Å². The number of carbonyl (C=O) groups is 2. The first-order valence-electron chi connectivity index (χ1n) is 10.5. The summed E-state index contributed by atoms with van der Waals surface area (Å²) >= 11 is 1.36. The predicted octanol–water partition coefficient (Wildman–Crippen LogP) is 2.84. The van der Waals surface area contributed by atoms with Gasteiger partial charge in [0.25, 0.3) is 11.8 Å². The predicted molar refractivity (Wildman–Crippen MR) is 131 cm³/mol. The van der Waals surface area contributed by atoms with E-state index in [4.69, 9.17) is 5.73 Å². The van der Waals surface area contributed by atoms with Gasteiger partial charge in [0, 0.05) is 36.6 Å². The Kier molecular flexibility index (Phi) is 7.85. The molecule has 0 unspecified atom stereocenters. The number of carbonyl (C=O) groups excluding carboxylic acids is 2. The maximum absolute atomic E-state index is 12.9. The van der Waals surface area contributed by atoms with Gasteiger partial charge in [-0.1, -0.05) is 19.1 Å². The zero-order valence-corrected chi connectivity index (χ0v) is 20.2. The minimum atomic E-state index is -3.76. The summed E-state index contributed by atoms with van der Waals surface area (Å²) in [5.74, 6) is -1.01. The number of benzene rings is 1. The van der Waals surface area contributed by atoms with E-state index in [1.807, 2.05) is 0 Å². The standard InChI is InChI=1S/C23H28N4O4S2/c1-4-12-27(13-5-2)33(30,31)17-9-7-16(8-10-17)22(29)25-23-20(21(24)28)18-11-14-26(6-3)15-19(18)32-23/h4-5,7-10H,1-2,6,11-15H2,3H3,(H2,24,28)(H,25,29). The number of nitrogens with two attached hydrogens (primary N) is 1. The molecule has 0 aliphatic carbocycles. The van der Waals surface area contributed by atoms with Crippen LogP contribution in [0.25, 0.3) is 0 Å². The Labute approximate surface area is 198 Å². The van der Waals surface area contributed by atoms with Crippen molar-refractivity contribution in [1.82, 2.24) is 9.21 Å². The quantitative estimate of drug-likeness (QED) is 0.500. The van der Waals surface area contributed by atoms with Crippen LogP contribution in [-0.4, -0.2) is 55.6 Å². The van der Waals surface area contributed by atoms with E-state index in [9.17, 15) is 18.0 Å². The maximum Gasteiger partial charge on any atom is 0.256 e. The molecule has 0 fully saturated rings. The molecule has 0 bridgehead atoms. The van der Waals surface area contributed by atoms with Crippen molar-refractivity contribution in [2.45, 2.75) is 24.8 Å². The lowest BCUT2D eigenvalue weighted by Crippen LogP contribution is -2.31. The highest BCUT2D eigenvalue weighted by molar-refractivity contribution is 7.89. The van der Waals surface area contributed by atoms with Crippen LogP contribution >= 0.6 is 11.3 Å². The number of nitrogens with one attached hydrogen (secondary N) is 1. The van der Waals surface area contributed by atoms with Gasteiger partial charge in [0.05, 0.1) is 10.5 Å². The van der Waals surface area contributed by atoms with Crippen molar-refractivity contribution in [2.75, 3.05) is 31.5 Å². The molecule has 3 rings (SSSR count). The van der Waals surface area contributed by atoms with Gasteiger partial charge < -0.3 is 11.1 Å². The van der Waals surface area contributed by atoms with E-state index in [-0.39, 0.29) is 23.5 Å². The van der Waals surface area contributed by atoms with E-state index < -0.39 is 21.8 Å². The van der Waals surface area contributed by atoms with Crippen molar-refractivity contribution in [2.24, 2.45) is 5.73 Å². The number of thiophene rings is 1. The lowest BCUT2D eigenvalue weighted by Gasteiger charge is -2.25. The van der Waals surface area contributed by atoms with Crippen LogP contribution in [-0.2, 0) is 23.0 Å². The molecule has 8 nitrogen and oxygen atoms in total. The molecule has 1 aromatic carbocycles. The first-order chi connectivity index (χ1) is 15.7. The van der Waals surface area contributed by atoms with E-state index in [0.29, 0.717) is 23.5 Å². The first-order valence-corrected chi connectivity index (χ1v) is 12.8. The Morgan fingerprint density at radius 1 is 1.21 bits per heavy atom. The Bertz CT molecular complexity index is 1160. The molecule has 176 valence electrons. The maximum atomic E-state index is 12.9. The summed E-state index contributed by atoms with van der Waals surface area (Å²) in [4.78, 5) is 28.3. The van der Waals surface area contributed by atoms with Crippen molar-refractivity contribution in [3.63, 3.8) is 0 Å². The van der Waals surface area contributed by atoms with E-state index >= 15 is 0 Å². The number of hydrogen-bond acceptors (Lipinski definition) is 6. The summed E-state index contributed by atoms with van der Waals surface area (Å²) in [5, 5.41) is 3.22. The van der Waals surface area contributed by atoms with Crippen LogP contribution in [0, 0.1) is 0 Å². The van der Waals surface area contributed by atoms with Gasteiger partial charge in [-0.15, -0.1) is 24.5 Å². The molecule has 1 aromatic heterocycles. The number of sulfonamides is 1. The molecule has 10 heteroatoms. The fourth-order valence-electron chi connectivity index (χ4n) is 3.74. The second kappa shape index (κ2) is 10.4. The first kappa shape index (κ1) is 24.8. The molecule has 1 aliphatic heterocycles. The number of nitrogens with zero attached hydrogens (tertiary/aromatic N) is 2. The van der Waals surface area contributed by atoms with Crippen LogP contribution in [0.2, 0.25) is 0 Å². The Morgan fingerprint density at radius 3 is 2.39 bits per heavy atom. The number of primary amides is 1. The van der Waals surface area contributed by atoms with Gasteiger partial charge in [0.15, 0.2) is 0 Å². The molecule has 0 saturated carbocycles. The third kappa shape index (κ3) is 5.25. The third-order valence-corrected chi connectivity index (χ3v) is 8.45. The van der Waals surface area contributed by atoms with E-state index in [0.717, 1.165) is 23.5 Å². The summed E-state index contributed by atoms with van der Waals surface area (Å²) in [6.07, 6.45) is 3.70. The lowest BCUT2D eigenvalue weighted by molar-refractivity contribution is 0.1000. The second-order valence-corrected chi connectivity index (χ2v) is 10.6. The van der Waals surface area contributed by atoms with E-state index in [2.05, 4.69) is 30.3 Å². The van der Waals surface area contributed by atoms with Gasteiger partial charge in [-0.25, -0.2) is 8.42 Å². The highest BCUT2D eigenvalue weighted by Crippen LogP contribution is 2.37. The summed E-state index contributed by atoms with van der Waals surface area (Å²) in [6.45, 7) is 12.0. The van der Waals surface area contributed by atoms with E-state index in [1.54, 1.807) is 0 Å². The van der Waals surface area contributed by atoms with Crippen LogP contribution in [0.5, 0.6) is 0 Å². The molecule has 33 heavy (non-hydrogen) atoms. The molecule has 1 aliphatic rings. The van der Waals surface area contributed by atoms with Gasteiger partial charge in [-0.3, -0.25) is 14.5 Å². The Balaban J connectivity index is 1.83. The normalized spacial score (nSPS) is 14.0. The van der Waals surface area contributed by atoms with Crippen molar-refractivity contribution < 1.29 is 18.0 Å². The minimum absolute atomic E-state index is 0.0619. The van der Waals surface area contributed by atoms with Crippen LogP contribution in [0.3, 0.4) is 0 Å². The van der Waals surface area contributed by atoms with Gasteiger partial charge in [-0.2, -0.15) is 4.31 Å². The number of anilines is 1. The number of fused-ring (bicyclic) bond motifs is 1. The largest absolute Gasteiger partial charge is 0.365 e. The highest BCUT2D eigenvalue weighted by Gasteiger charge is 2.28. The number of likely N-dealkylation sites (N-methyl/N-ethyl adjacent to an activating group) is 1. The summed E-state index contributed by atoms with van der Waals surface area (Å²) in [5.41, 5.74) is 7.16. The second-order valence-electron chi connectivity index (χ2n) is 7.57. The molecule has 2 amide bonds. The van der Waals surface area contributed by atoms with Gasteiger partial charge in [0.1, 0.15) is 5.00 Å². The molecule has 0 radical (unpaired) electrons. The zero-order valence-electron chi connectivity index (χ0n) is 18.5. The monoisotopic (exact) mass is 488 g/mol. The summed E-state index contributed by atoms with van der Waals surface area (Å²) in [6, 6.07) is 5.66. The molecular formula is C23H28N4O4S2. The smallest absolute Gasteiger partial charge is 0.256 e. The third-order valence-electron chi connectivity index (χ3n) is 5.48. The molecule has 3 N–H and O–H groups in total. The summed E-state index contributed by atoms with van der Waals surface area (Å²) in [7, 11) is -3.76. The van der Waals surface area contributed by atoms with Crippen molar-refractivity contribution in [3.05, 3.63) is 71.1 Å². The van der Waals surface area contributed by atoms with Crippen molar-refractivity contribution >= 4 is 38.2 Å². The van der Waals surface area contributed by atoms with Crippen LogP contribution in [0.4, 0.5) is 5.00 Å². The molecule has 2 heterocycles. The van der Waals surface area contributed by atoms with Gasteiger partial charge in [-0.05, 0) is 42.8 Å². The molecule has 0 saturated heterocycles. The van der Waals surface area contributed by atoms with Crippen LogP contribution in [0.1, 0.15) is 38.1 Å². The fourth-order valence-corrected chi connectivity index (χ4v) is 6.41. The van der Waals surface area contributed by atoms with Crippen LogP contribution < -0.4 is 11.1 Å². The molecule has 0 atom stereocenters. The number of hydrogen-bond donors (Lipinski definition) is 2. The van der Waals surface area contributed by atoms with Crippen LogP contribution in [0.15, 0.2) is 54.5 Å². The summed E-state index contributed by atoms with van der Waals surface area (Å²) < 4.78 is 26.9. The highest BCUT2D eigenvalue weighted by atomic mass is 32.2.